The van der Waals surface area contributed by atoms with Crippen LogP contribution in [0.3, 0.4) is 0 Å². The van der Waals surface area contributed by atoms with Crippen molar-refractivity contribution in [1.82, 2.24) is 0 Å². The summed E-state index contributed by atoms with van der Waals surface area (Å²) in [6.07, 6.45) is 2.53. The first-order valence-corrected chi connectivity index (χ1v) is 6.32. The summed E-state index contributed by atoms with van der Waals surface area (Å²) in [5, 5.41) is 3.56. The van der Waals surface area contributed by atoms with Gasteiger partial charge in [-0.3, -0.25) is 0 Å². The number of nitrogen functional groups attached to an aromatic ring is 1. The Labute approximate surface area is 103 Å². The molecule has 2 rings (SSSR count). The Morgan fingerprint density at radius 3 is 2.59 bits per heavy atom. The normalized spacial score (nSPS) is 28.1. The summed E-state index contributed by atoms with van der Waals surface area (Å²) in [4.78, 5) is 0. The minimum absolute atomic E-state index is 0.542. The van der Waals surface area contributed by atoms with Crippen LogP contribution in [0.25, 0.3) is 0 Å². The third-order valence-corrected chi connectivity index (χ3v) is 4.06. The second-order valence-electron chi connectivity index (χ2n) is 5.12. The van der Waals surface area contributed by atoms with E-state index in [2.05, 4.69) is 19.2 Å². The first-order chi connectivity index (χ1) is 8.11. The van der Waals surface area contributed by atoms with Crippen LogP contribution >= 0.6 is 0 Å². The zero-order valence-electron chi connectivity index (χ0n) is 10.9. The Hall–Kier alpha value is -1.38. The molecular formula is C14H22N2O. The fourth-order valence-electron chi connectivity index (χ4n) is 2.57. The molecule has 1 aliphatic carbocycles. The van der Waals surface area contributed by atoms with Gasteiger partial charge in [-0.15, -0.1) is 0 Å². The van der Waals surface area contributed by atoms with E-state index < -0.39 is 0 Å². The van der Waals surface area contributed by atoms with Gasteiger partial charge in [-0.05, 0) is 36.8 Å². The van der Waals surface area contributed by atoms with E-state index in [0.717, 1.165) is 23.0 Å². The van der Waals surface area contributed by atoms with E-state index in [9.17, 15) is 0 Å². The molecule has 0 bridgehead atoms. The van der Waals surface area contributed by atoms with Crippen LogP contribution in [-0.4, -0.2) is 13.2 Å². The van der Waals surface area contributed by atoms with Crippen molar-refractivity contribution >= 4 is 11.4 Å². The first kappa shape index (κ1) is 12.1. The van der Waals surface area contributed by atoms with Crippen molar-refractivity contribution in [2.45, 2.75) is 32.7 Å². The molecule has 1 aliphatic rings. The topological polar surface area (TPSA) is 47.3 Å². The Morgan fingerprint density at radius 1 is 1.29 bits per heavy atom. The Balaban J connectivity index is 2.09. The van der Waals surface area contributed by atoms with Crippen LogP contribution in [-0.2, 0) is 0 Å². The van der Waals surface area contributed by atoms with E-state index in [1.165, 1.54) is 12.8 Å². The van der Waals surface area contributed by atoms with Gasteiger partial charge >= 0.3 is 0 Å². The van der Waals surface area contributed by atoms with Crippen LogP contribution < -0.4 is 15.8 Å². The maximum Gasteiger partial charge on any atom is 0.121 e. The van der Waals surface area contributed by atoms with E-state index in [1.807, 2.05) is 18.2 Å². The maximum atomic E-state index is 6.01. The summed E-state index contributed by atoms with van der Waals surface area (Å²) in [6.45, 7) is 4.64. The highest BCUT2D eigenvalue weighted by atomic mass is 16.5. The average Bonchev–Trinajstić information content (AvgIpc) is 2.63. The zero-order chi connectivity index (χ0) is 12.4. The highest BCUT2D eigenvalue weighted by Crippen LogP contribution is 2.35. The molecule has 1 aromatic rings. The van der Waals surface area contributed by atoms with Gasteiger partial charge in [-0.2, -0.15) is 0 Å². The number of hydrogen-bond donors (Lipinski definition) is 2. The highest BCUT2D eigenvalue weighted by Gasteiger charge is 2.29. The minimum atomic E-state index is 0.542. The van der Waals surface area contributed by atoms with Crippen LogP contribution in [0.2, 0.25) is 0 Å². The van der Waals surface area contributed by atoms with Crippen LogP contribution in [0, 0.1) is 11.8 Å². The van der Waals surface area contributed by atoms with E-state index in [1.54, 1.807) is 7.11 Å². The number of anilines is 2. The average molecular weight is 234 g/mol. The van der Waals surface area contributed by atoms with E-state index in [0.29, 0.717) is 12.0 Å². The van der Waals surface area contributed by atoms with Gasteiger partial charge in [-0.1, -0.05) is 13.8 Å². The van der Waals surface area contributed by atoms with Crippen molar-refractivity contribution in [2.75, 3.05) is 18.2 Å². The molecule has 3 atom stereocenters. The third kappa shape index (κ3) is 2.48. The van der Waals surface area contributed by atoms with Crippen LogP contribution in [0.15, 0.2) is 18.2 Å². The van der Waals surface area contributed by atoms with Crippen molar-refractivity contribution in [3.8, 4) is 5.75 Å². The molecular weight excluding hydrogens is 212 g/mol. The van der Waals surface area contributed by atoms with Gasteiger partial charge in [0.1, 0.15) is 5.75 Å². The number of benzene rings is 1. The summed E-state index contributed by atoms with van der Waals surface area (Å²) in [6, 6.07) is 6.36. The highest BCUT2D eigenvalue weighted by molar-refractivity contribution is 5.68. The van der Waals surface area contributed by atoms with Crippen molar-refractivity contribution in [3.05, 3.63) is 18.2 Å². The molecule has 3 heteroatoms. The van der Waals surface area contributed by atoms with Crippen LogP contribution in [0.5, 0.6) is 5.75 Å². The van der Waals surface area contributed by atoms with Crippen molar-refractivity contribution in [2.24, 2.45) is 11.8 Å². The van der Waals surface area contributed by atoms with Gasteiger partial charge in [0.05, 0.1) is 18.5 Å². The number of methoxy groups -OCH3 is 1. The van der Waals surface area contributed by atoms with Crippen molar-refractivity contribution in [3.63, 3.8) is 0 Å². The molecule has 1 saturated carbocycles. The van der Waals surface area contributed by atoms with Gasteiger partial charge in [0, 0.05) is 12.1 Å². The molecule has 0 radical (unpaired) electrons. The summed E-state index contributed by atoms with van der Waals surface area (Å²) >= 11 is 0. The lowest BCUT2D eigenvalue weighted by atomic mass is 9.97. The lowest BCUT2D eigenvalue weighted by molar-refractivity contribution is 0.415. The fraction of sp³-hybridized carbons (Fsp3) is 0.571. The predicted octanol–water partition coefficient (Wildman–Crippen LogP) is 3.12. The number of nitrogens with one attached hydrogen (secondary N) is 1. The van der Waals surface area contributed by atoms with E-state index in [-0.39, 0.29) is 0 Å². The molecule has 1 aromatic carbocycles. The van der Waals surface area contributed by atoms with Gasteiger partial charge < -0.3 is 15.8 Å². The van der Waals surface area contributed by atoms with Crippen molar-refractivity contribution < 1.29 is 4.74 Å². The second kappa shape index (κ2) is 4.86. The lowest BCUT2D eigenvalue weighted by Gasteiger charge is -2.22. The summed E-state index contributed by atoms with van der Waals surface area (Å²) < 4.78 is 5.15. The maximum absolute atomic E-state index is 6.01. The molecule has 1 fully saturated rings. The van der Waals surface area contributed by atoms with Gasteiger partial charge in [0.25, 0.3) is 0 Å². The van der Waals surface area contributed by atoms with Gasteiger partial charge in [0.15, 0.2) is 0 Å². The molecule has 3 N–H and O–H groups in total. The SMILES string of the molecule is COc1ccc(NC2CCC(C)C2C)c(N)c1. The summed E-state index contributed by atoms with van der Waals surface area (Å²) in [7, 11) is 1.66. The molecule has 0 amide bonds. The van der Waals surface area contributed by atoms with Crippen LogP contribution in [0.4, 0.5) is 11.4 Å². The molecule has 3 nitrogen and oxygen atoms in total. The smallest absolute Gasteiger partial charge is 0.121 e. The molecule has 0 aromatic heterocycles. The molecule has 94 valence electrons. The van der Waals surface area contributed by atoms with Crippen molar-refractivity contribution in [1.29, 1.82) is 0 Å². The largest absolute Gasteiger partial charge is 0.497 e. The Kier molecular flexibility index (Phi) is 3.46. The Bertz CT molecular complexity index is 392. The summed E-state index contributed by atoms with van der Waals surface area (Å²) in [5.41, 5.74) is 7.80. The van der Waals surface area contributed by atoms with E-state index in [4.69, 9.17) is 10.5 Å². The zero-order valence-corrected chi connectivity index (χ0v) is 10.9. The lowest BCUT2D eigenvalue weighted by Crippen LogP contribution is -2.24. The molecule has 0 spiro atoms. The summed E-state index contributed by atoms with van der Waals surface area (Å²) in [5.74, 6) is 2.31. The number of hydrogen-bond acceptors (Lipinski definition) is 3. The standard InChI is InChI=1S/C14H22N2O/c1-9-4-6-13(10(9)2)16-14-7-5-11(17-3)8-12(14)15/h5,7-10,13,16H,4,6,15H2,1-3H3. The van der Waals surface area contributed by atoms with Gasteiger partial charge in [-0.25, -0.2) is 0 Å². The predicted molar refractivity (Wildman–Crippen MR) is 72.4 cm³/mol. The molecule has 3 unspecified atom stereocenters. The Morgan fingerprint density at radius 2 is 2.06 bits per heavy atom. The number of nitrogens with two attached hydrogens (primary N) is 1. The molecule has 0 heterocycles. The van der Waals surface area contributed by atoms with E-state index >= 15 is 0 Å². The number of ether oxygens (including phenoxy) is 1. The first-order valence-electron chi connectivity index (χ1n) is 6.32. The minimum Gasteiger partial charge on any atom is -0.497 e. The van der Waals surface area contributed by atoms with Crippen LogP contribution in [0.1, 0.15) is 26.7 Å². The fourth-order valence-corrected chi connectivity index (χ4v) is 2.57. The number of rotatable bonds is 3. The quantitative estimate of drug-likeness (QED) is 0.790. The molecule has 17 heavy (non-hydrogen) atoms. The second-order valence-corrected chi connectivity index (χ2v) is 5.12. The monoisotopic (exact) mass is 234 g/mol. The molecule has 0 aliphatic heterocycles. The molecule has 0 saturated heterocycles. The third-order valence-electron chi connectivity index (χ3n) is 4.06. The van der Waals surface area contributed by atoms with Gasteiger partial charge in [0.2, 0.25) is 0 Å².